The maximum absolute atomic E-state index is 15.2. The lowest BCUT2D eigenvalue weighted by Gasteiger charge is -2.50. The van der Waals surface area contributed by atoms with Crippen LogP contribution in [0.4, 0.5) is 46.5 Å². The third-order valence-corrected chi connectivity index (χ3v) is 11.7. The molecule has 0 bridgehead atoms. The van der Waals surface area contributed by atoms with Crippen molar-refractivity contribution in [1.29, 1.82) is 0 Å². The molecule has 7 rings (SSSR count). The fraction of sp³-hybridized carbons (Fsp3) is 0.286. The highest BCUT2D eigenvalue weighted by atomic mass is 35.5. The Bertz CT molecular complexity index is 2240. The zero-order valence-corrected chi connectivity index (χ0v) is 28.4. The number of imide groups is 2. The number of amides is 4. The Labute approximate surface area is 307 Å². The first-order valence-corrected chi connectivity index (χ1v) is 16.5. The van der Waals surface area contributed by atoms with Crippen LogP contribution in [-0.4, -0.2) is 50.6 Å². The summed E-state index contributed by atoms with van der Waals surface area (Å²) in [6, 6.07) is 7.29. The van der Waals surface area contributed by atoms with E-state index in [1.807, 2.05) is 0 Å². The van der Waals surface area contributed by atoms with Crippen LogP contribution < -0.4 is 14.5 Å². The number of aromatic hydroxyl groups is 1. The van der Waals surface area contributed by atoms with Gasteiger partial charge in [-0.15, -0.1) is 36.4 Å². The smallest absolute Gasteiger partial charge is 0.508 e. The lowest BCUT2D eigenvalue weighted by Crippen LogP contribution is -2.60. The van der Waals surface area contributed by atoms with Gasteiger partial charge in [-0.05, 0) is 68.1 Å². The molecule has 9 nitrogen and oxygen atoms in total. The molecule has 3 aromatic rings. The van der Waals surface area contributed by atoms with Gasteiger partial charge in [0.05, 0.1) is 17.5 Å². The molecule has 54 heavy (non-hydrogen) atoms. The van der Waals surface area contributed by atoms with Gasteiger partial charge in [0.25, 0.3) is 11.8 Å². The first-order chi connectivity index (χ1) is 25.2. The summed E-state index contributed by atoms with van der Waals surface area (Å²) in [6.45, 7) is 1.28. The van der Waals surface area contributed by atoms with Crippen LogP contribution in [0.15, 0.2) is 54.1 Å². The number of phenolic OH excluding ortho intramolecular Hbond substituents is 1. The van der Waals surface area contributed by atoms with E-state index in [2.05, 4.69) is 4.74 Å². The number of halogens is 10. The van der Waals surface area contributed by atoms with Crippen LogP contribution in [0.1, 0.15) is 41.6 Å². The number of phenols is 1. The number of ketones is 1. The van der Waals surface area contributed by atoms with Gasteiger partial charge in [-0.1, -0.05) is 11.6 Å². The number of hydrogen-bond acceptors (Lipinski definition) is 7. The van der Waals surface area contributed by atoms with Crippen molar-refractivity contribution in [1.82, 2.24) is 0 Å². The molecule has 2 aliphatic heterocycles. The number of ether oxygens (including phenoxy) is 1. The van der Waals surface area contributed by atoms with Crippen molar-refractivity contribution in [3.63, 3.8) is 0 Å². The molecular weight excluding hydrogens is 783 g/mol. The van der Waals surface area contributed by atoms with Gasteiger partial charge >= 0.3 is 6.36 Å². The Morgan fingerprint density at radius 2 is 1.43 bits per heavy atom. The van der Waals surface area contributed by atoms with Crippen LogP contribution in [0.3, 0.4) is 0 Å². The van der Waals surface area contributed by atoms with E-state index < -0.39 is 127 Å². The molecule has 6 atom stereocenters. The van der Waals surface area contributed by atoms with Gasteiger partial charge in [-0.3, -0.25) is 28.9 Å². The van der Waals surface area contributed by atoms with E-state index >= 15 is 8.78 Å². The summed E-state index contributed by atoms with van der Waals surface area (Å²) >= 11 is 14.0. The molecule has 2 saturated heterocycles. The fourth-order valence-electron chi connectivity index (χ4n) is 7.97. The average molecular weight is 803 g/mol. The van der Waals surface area contributed by atoms with Crippen molar-refractivity contribution in [2.75, 3.05) is 9.80 Å². The predicted molar refractivity (Wildman–Crippen MR) is 170 cm³/mol. The van der Waals surface area contributed by atoms with Gasteiger partial charge in [0, 0.05) is 17.0 Å². The zero-order chi connectivity index (χ0) is 39.6. The minimum Gasteiger partial charge on any atom is -0.508 e. The van der Waals surface area contributed by atoms with Gasteiger partial charge in [0.1, 0.15) is 17.2 Å². The first-order valence-electron chi connectivity index (χ1n) is 15.7. The van der Waals surface area contributed by atoms with Gasteiger partial charge in [0.2, 0.25) is 17.6 Å². The second-order valence-corrected chi connectivity index (χ2v) is 14.3. The molecule has 3 fully saturated rings. The number of rotatable bonds is 5. The molecule has 2 heterocycles. The SMILES string of the molecule is CC(=O)c1ccc(N2C(=O)C3CC=C4C(CC5(Cl)C(=O)N(c6c(F)c(F)c(F)c(F)c6F)C(=O)C5(Cl)C4c4cc(OC(F)(F)F)ccc4O)C3C2=O)cc1. The van der Waals surface area contributed by atoms with E-state index in [0.717, 1.165) is 4.90 Å². The summed E-state index contributed by atoms with van der Waals surface area (Å²) in [5, 5.41) is 11.1. The molecule has 0 aromatic heterocycles. The summed E-state index contributed by atoms with van der Waals surface area (Å²) < 4.78 is 117. The Morgan fingerprint density at radius 1 is 0.833 bits per heavy atom. The standard InChI is InChI=1S/C35H20Cl2F8N2O7/c1-12(48)13-2-4-14(5-3-13)46-29(50)17-8-7-16-19(21(17)30(46)51)11-33(36)31(52)47(28-26(41)24(39)23(38)25(40)27(28)42)32(53)34(33,37)22(16)18-10-15(6-9-20(18)49)54-35(43,44)45/h2-7,9-10,17,19,21-22,49H,8,11H2,1H3. The second kappa shape index (κ2) is 12.2. The molecule has 3 aromatic carbocycles. The number of Topliss-reactive ketones (excluding diaryl/α,β-unsaturated/α-hetero) is 1. The van der Waals surface area contributed by atoms with Gasteiger partial charge in [0.15, 0.2) is 38.8 Å². The van der Waals surface area contributed by atoms with Gasteiger partial charge in [-0.25, -0.2) is 26.9 Å². The van der Waals surface area contributed by atoms with Crippen LogP contribution in [-0.2, 0) is 19.2 Å². The van der Waals surface area contributed by atoms with E-state index in [1.54, 1.807) is 0 Å². The molecule has 0 spiro atoms. The fourth-order valence-corrected chi connectivity index (χ4v) is 8.90. The third-order valence-electron chi connectivity index (χ3n) is 10.3. The molecule has 4 amide bonds. The number of fused-ring (bicyclic) bond motifs is 4. The number of allylic oxidation sites excluding steroid dienone is 2. The molecule has 19 heteroatoms. The maximum Gasteiger partial charge on any atom is 0.573 e. The molecule has 4 aliphatic rings. The summed E-state index contributed by atoms with van der Waals surface area (Å²) in [5.74, 6) is -26.7. The first kappa shape index (κ1) is 37.3. The lowest BCUT2D eigenvalue weighted by atomic mass is 9.56. The topological polar surface area (TPSA) is 121 Å². The minimum atomic E-state index is -5.31. The lowest BCUT2D eigenvalue weighted by molar-refractivity contribution is -0.274. The van der Waals surface area contributed by atoms with Crippen molar-refractivity contribution in [2.45, 2.75) is 41.8 Å². The normalized spacial score (nSPS) is 27.9. The van der Waals surface area contributed by atoms with E-state index in [9.17, 15) is 55.4 Å². The Hall–Kier alpha value is -5.03. The molecule has 2 aliphatic carbocycles. The Morgan fingerprint density at radius 3 is 2.00 bits per heavy atom. The second-order valence-electron chi connectivity index (χ2n) is 13.1. The maximum atomic E-state index is 15.2. The quantitative estimate of drug-likeness (QED) is 0.0564. The van der Waals surface area contributed by atoms with Gasteiger partial charge < -0.3 is 9.84 Å². The Kier molecular flexibility index (Phi) is 8.46. The highest BCUT2D eigenvalue weighted by Crippen LogP contribution is 2.67. The van der Waals surface area contributed by atoms with Crippen LogP contribution in [0.5, 0.6) is 11.5 Å². The number of nitrogens with zero attached hydrogens (tertiary/aromatic N) is 2. The highest BCUT2D eigenvalue weighted by molar-refractivity contribution is 6.58. The number of alkyl halides is 5. The Balaban J connectivity index is 1.43. The summed E-state index contributed by atoms with van der Waals surface area (Å²) in [4.78, 5) is 62.7. The largest absolute Gasteiger partial charge is 0.573 e. The molecule has 6 unspecified atom stereocenters. The summed E-state index contributed by atoms with van der Waals surface area (Å²) in [7, 11) is 0. The number of benzene rings is 3. The monoisotopic (exact) mass is 802 g/mol. The van der Waals surface area contributed by atoms with E-state index in [0.29, 0.717) is 18.2 Å². The van der Waals surface area contributed by atoms with Crippen LogP contribution in [0, 0.1) is 46.8 Å². The number of hydrogen-bond donors (Lipinski definition) is 1. The summed E-state index contributed by atoms with van der Waals surface area (Å²) in [6.07, 6.45) is -5.20. The van der Waals surface area contributed by atoms with E-state index in [1.165, 1.54) is 37.3 Å². The van der Waals surface area contributed by atoms with E-state index in [4.69, 9.17) is 23.2 Å². The average Bonchev–Trinajstić information content (AvgIpc) is 3.45. The highest BCUT2D eigenvalue weighted by Gasteiger charge is 2.77. The molecule has 1 N–H and O–H groups in total. The van der Waals surface area contributed by atoms with E-state index in [-0.39, 0.29) is 29.0 Å². The molecule has 282 valence electrons. The number of anilines is 2. The van der Waals surface area contributed by atoms with Crippen molar-refractivity contribution in [3.8, 4) is 11.5 Å². The van der Waals surface area contributed by atoms with Crippen molar-refractivity contribution in [2.24, 2.45) is 17.8 Å². The van der Waals surface area contributed by atoms with Crippen LogP contribution in [0.25, 0.3) is 0 Å². The minimum absolute atomic E-state index is 0.0323. The van der Waals surface area contributed by atoms with Crippen LogP contribution >= 0.6 is 23.2 Å². The van der Waals surface area contributed by atoms with Crippen molar-refractivity contribution < 1.29 is 68.9 Å². The molecule has 1 saturated carbocycles. The number of carbonyl (C=O) groups excluding carboxylic acids is 5. The third kappa shape index (κ3) is 5.07. The zero-order valence-electron chi connectivity index (χ0n) is 26.9. The summed E-state index contributed by atoms with van der Waals surface area (Å²) in [5.41, 5.74) is -2.59. The molecule has 0 radical (unpaired) electrons. The van der Waals surface area contributed by atoms with Gasteiger partial charge in [-0.2, -0.15) is 0 Å². The van der Waals surface area contributed by atoms with Crippen molar-refractivity contribution >= 4 is 64.0 Å². The number of carbonyl (C=O) groups is 5. The van der Waals surface area contributed by atoms with Crippen molar-refractivity contribution in [3.05, 3.63) is 94.3 Å². The predicted octanol–water partition coefficient (Wildman–Crippen LogP) is 6.96. The van der Waals surface area contributed by atoms with Crippen LogP contribution in [0.2, 0.25) is 0 Å². The molecular formula is C35H20Cl2F8N2O7.